The zero-order valence-corrected chi connectivity index (χ0v) is 14.0. The lowest BCUT2D eigenvalue weighted by atomic mass is 9.81. The number of para-hydroxylation sites is 1. The van der Waals surface area contributed by atoms with Crippen LogP contribution in [0.2, 0.25) is 6.82 Å². The molecule has 126 valence electrons. The smallest absolute Gasteiger partial charge is 0.379 e. The second-order valence-electron chi connectivity index (χ2n) is 6.08. The van der Waals surface area contributed by atoms with E-state index in [0.29, 0.717) is 17.1 Å². The number of benzene rings is 1. The maximum absolute atomic E-state index is 9.98. The molecule has 0 fully saturated rings. The van der Waals surface area contributed by atoms with Crippen molar-refractivity contribution in [3.63, 3.8) is 0 Å². The van der Waals surface area contributed by atoms with Gasteiger partial charge in [0.2, 0.25) is 0 Å². The predicted octanol–water partition coefficient (Wildman–Crippen LogP) is 1.88. The average molecular weight is 326 g/mol. The summed E-state index contributed by atoms with van der Waals surface area (Å²) < 4.78 is 5.43. The van der Waals surface area contributed by atoms with Gasteiger partial charge in [-0.1, -0.05) is 12.1 Å². The fraction of sp³-hybridized carbons (Fsp3) is 0.294. The number of hydrogen-bond donors (Lipinski definition) is 4. The normalized spacial score (nSPS) is 15.3. The van der Waals surface area contributed by atoms with Crippen molar-refractivity contribution in [2.75, 3.05) is 19.4 Å². The number of rotatable bonds is 4. The molecule has 6 nitrogen and oxygen atoms in total. The number of aromatic amines is 1. The topological polar surface area (TPSA) is 101 Å². The number of aromatic hydroxyl groups is 1. The van der Waals surface area contributed by atoms with Gasteiger partial charge in [-0.3, -0.25) is 0 Å². The zero-order valence-electron chi connectivity index (χ0n) is 14.0. The van der Waals surface area contributed by atoms with Gasteiger partial charge in [-0.2, -0.15) is 0 Å². The van der Waals surface area contributed by atoms with Crippen LogP contribution >= 0.6 is 0 Å². The van der Waals surface area contributed by atoms with Crippen LogP contribution in [0.1, 0.15) is 22.4 Å². The Morgan fingerprint density at radius 1 is 1.42 bits per heavy atom. The molecule has 1 aromatic carbocycles. The maximum Gasteiger partial charge on any atom is 0.379 e. The van der Waals surface area contributed by atoms with Crippen molar-refractivity contribution in [2.24, 2.45) is 5.73 Å². The summed E-state index contributed by atoms with van der Waals surface area (Å²) in [4.78, 5) is 5.51. The molecule has 1 aliphatic rings. The molecule has 6 N–H and O–H groups in total. The monoisotopic (exact) mass is 326 g/mol. The Hall–Kier alpha value is -2.38. The highest BCUT2D eigenvalue weighted by Crippen LogP contribution is 2.31. The van der Waals surface area contributed by atoms with E-state index < -0.39 is 0 Å². The molecule has 0 bridgehead atoms. The Morgan fingerprint density at radius 3 is 2.88 bits per heavy atom. The fourth-order valence-electron chi connectivity index (χ4n) is 3.14. The van der Waals surface area contributed by atoms with Crippen LogP contribution in [0.5, 0.6) is 5.75 Å². The Balaban J connectivity index is 1.97. The van der Waals surface area contributed by atoms with Crippen molar-refractivity contribution in [2.45, 2.75) is 19.8 Å². The Bertz CT molecular complexity index is 772. The molecule has 7 heteroatoms. The van der Waals surface area contributed by atoms with Crippen molar-refractivity contribution in [1.82, 2.24) is 9.79 Å². The summed E-state index contributed by atoms with van der Waals surface area (Å²) in [7, 11) is 1.75. The molecule has 0 spiro atoms. The van der Waals surface area contributed by atoms with E-state index in [1.54, 1.807) is 25.3 Å². The summed E-state index contributed by atoms with van der Waals surface area (Å²) in [5, 5.41) is 9.98. The summed E-state index contributed by atoms with van der Waals surface area (Å²) in [5.74, 6) is 0.758. The van der Waals surface area contributed by atoms with Crippen LogP contribution in [0.4, 0.5) is 5.82 Å². The van der Waals surface area contributed by atoms with Gasteiger partial charge in [-0.25, -0.2) is 0 Å². The molecule has 0 amide bonds. The summed E-state index contributed by atoms with van der Waals surface area (Å²) in [5.41, 5.74) is 16.6. The number of nitrogens with zero attached hydrogens (tertiary/aromatic N) is 1. The molecule has 0 aliphatic carbocycles. The third kappa shape index (κ3) is 3.00. The minimum absolute atomic E-state index is 0.0432. The Kier molecular flexibility index (Phi) is 4.55. The minimum Gasteiger partial charge on any atom is -0.507 e. The van der Waals surface area contributed by atoms with E-state index in [9.17, 15) is 5.11 Å². The van der Waals surface area contributed by atoms with Crippen molar-refractivity contribution in [3.05, 3.63) is 46.6 Å². The van der Waals surface area contributed by atoms with Gasteiger partial charge in [0.05, 0.1) is 0 Å². The van der Waals surface area contributed by atoms with E-state index in [1.165, 1.54) is 0 Å². The number of H-pyrrole nitrogens is 1. The van der Waals surface area contributed by atoms with E-state index >= 15 is 0 Å². The van der Waals surface area contributed by atoms with Gasteiger partial charge in [0, 0.05) is 36.2 Å². The van der Waals surface area contributed by atoms with Crippen molar-refractivity contribution >= 4 is 24.6 Å². The highest BCUT2D eigenvalue weighted by molar-refractivity contribution is 6.46. The number of nitrogens with one attached hydrogen (secondary N) is 1. The lowest BCUT2D eigenvalue weighted by Gasteiger charge is -2.29. The van der Waals surface area contributed by atoms with Crippen LogP contribution in [-0.4, -0.2) is 35.6 Å². The van der Waals surface area contributed by atoms with Crippen molar-refractivity contribution < 1.29 is 9.76 Å². The van der Waals surface area contributed by atoms with Gasteiger partial charge < -0.3 is 31.0 Å². The van der Waals surface area contributed by atoms with E-state index in [-0.39, 0.29) is 12.8 Å². The Morgan fingerprint density at radius 2 is 2.17 bits per heavy atom. The first-order valence-corrected chi connectivity index (χ1v) is 8.02. The van der Waals surface area contributed by atoms with Crippen LogP contribution in [-0.2, 0) is 17.6 Å². The Labute approximate surface area is 142 Å². The average Bonchev–Trinajstić information content (AvgIpc) is 2.89. The largest absolute Gasteiger partial charge is 0.507 e. The van der Waals surface area contributed by atoms with E-state index in [1.807, 2.05) is 19.0 Å². The summed E-state index contributed by atoms with van der Waals surface area (Å²) in [6, 6.07) is 7.01. The standard InChI is InChI=1S/C17H23BN4O2/c1-18(24-2)22-8-7-15-13(10-22)12(17(20)21-15)9-14(19)11-5-3-4-6-16(11)23/h3-6,9,21,23H,7-8,10,19-20H2,1-2H3/b14-9-. The fourth-order valence-corrected chi connectivity index (χ4v) is 3.14. The molecular weight excluding hydrogens is 303 g/mol. The molecule has 24 heavy (non-hydrogen) atoms. The number of aromatic nitrogens is 1. The van der Waals surface area contributed by atoms with Gasteiger partial charge in [0.25, 0.3) is 0 Å². The summed E-state index contributed by atoms with van der Waals surface area (Å²) in [6.45, 7) is 3.70. The van der Waals surface area contributed by atoms with E-state index in [2.05, 4.69) is 9.79 Å². The molecule has 0 unspecified atom stereocenters. The predicted molar refractivity (Wildman–Crippen MR) is 98.1 cm³/mol. The summed E-state index contributed by atoms with van der Waals surface area (Å²) in [6.07, 6.45) is 2.72. The minimum atomic E-state index is 0.0432. The molecule has 2 heterocycles. The summed E-state index contributed by atoms with van der Waals surface area (Å²) >= 11 is 0. The van der Waals surface area contributed by atoms with Gasteiger partial charge in [0.1, 0.15) is 11.6 Å². The first-order valence-electron chi connectivity index (χ1n) is 8.02. The third-order valence-electron chi connectivity index (χ3n) is 4.65. The number of hydrogen-bond acceptors (Lipinski definition) is 5. The number of anilines is 1. The first kappa shape index (κ1) is 16.5. The van der Waals surface area contributed by atoms with Crippen molar-refractivity contribution in [3.8, 4) is 5.75 Å². The van der Waals surface area contributed by atoms with E-state index in [4.69, 9.17) is 16.1 Å². The third-order valence-corrected chi connectivity index (χ3v) is 4.65. The highest BCUT2D eigenvalue weighted by atomic mass is 16.4. The molecule has 2 aromatic rings. The zero-order chi connectivity index (χ0) is 17.3. The molecule has 0 atom stereocenters. The first-order chi connectivity index (χ1) is 11.5. The molecule has 0 saturated heterocycles. The molecule has 1 aromatic heterocycles. The van der Waals surface area contributed by atoms with Crippen LogP contribution in [0.25, 0.3) is 11.8 Å². The SMILES string of the molecule is COB(C)N1CCc2[nH]c(N)c(/C=C(\N)c3ccccc3O)c2C1. The lowest BCUT2D eigenvalue weighted by molar-refractivity contribution is 0.304. The second-order valence-corrected chi connectivity index (χ2v) is 6.08. The molecule has 0 saturated carbocycles. The number of phenolic OH excluding ortho intramolecular Hbond substituents is 1. The molecule has 3 rings (SSSR count). The van der Waals surface area contributed by atoms with Gasteiger partial charge in [-0.05, 0) is 43.6 Å². The second kappa shape index (κ2) is 6.63. The number of phenols is 1. The number of nitrogens with two attached hydrogens (primary N) is 2. The molecular formula is C17H23BN4O2. The maximum atomic E-state index is 9.98. The van der Waals surface area contributed by atoms with Crippen LogP contribution in [0, 0.1) is 0 Å². The van der Waals surface area contributed by atoms with Gasteiger partial charge >= 0.3 is 7.05 Å². The molecule has 0 radical (unpaired) electrons. The quantitative estimate of drug-likeness (QED) is 0.643. The number of nitrogen functional groups attached to an aromatic ring is 1. The lowest BCUT2D eigenvalue weighted by Crippen LogP contribution is -2.42. The van der Waals surface area contributed by atoms with Gasteiger partial charge in [-0.15, -0.1) is 0 Å². The van der Waals surface area contributed by atoms with Crippen molar-refractivity contribution in [1.29, 1.82) is 0 Å². The van der Waals surface area contributed by atoms with Gasteiger partial charge in [0.15, 0.2) is 0 Å². The van der Waals surface area contributed by atoms with Crippen LogP contribution < -0.4 is 11.5 Å². The molecule has 1 aliphatic heterocycles. The highest BCUT2D eigenvalue weighted by Gasteiger charge is 2.27. The number of fused-ring (bicyclic) bond motifs is 1. The van der Waals surface area contributed by atoms with E-state index in [0.717, 1.165) is 36.3 Å². The van der Waals surface area contributed by atoms with Crippen LogP contribution in [0.3, 0.4) is 0 Å². The van der Waals surface area contributed by atoms with Crippen LogP contribution in [0.15, 0.2) is 24.3 Å².